The minimum absolute atomic E-state index is 0.0394. The third-order valence-electron chi connectivity index (χ3n) is 3.40. The van der Waals surface area contributed by atoms with Crippen LogP contribution in [0.5, 0.6) is 0 Å². The molecule has 0 saturated heterocycles. The van der Waals surface area contributed by atoms with Gasteiger partial charge in [0.1, 0.15) is 0 Å². The molecule has 0 aliphatic rings. The fourth-order valence-electron chi connectivity index (χ4n) is 2.06. The van der Waals surface area contributed by atoms with E-state index >= 15 is 0 Å². The Bertz CT molecular complexity index is 834. The Morgan fingerprint density at radius 2 is 1.88 bits per heavy atom. The Labute approximate surface area is 156 Å². The van der Waals surface area contributed by atoms with Gasteiger partial charge in [-0.25, -0.2) is 4.98 Å². The number of thioether (sulfide) groups is 1. The number of aromatic amines is 1. The molecule has 2 amide bonds. The Balaban J connectivity index is 2.27. The molecule has 8 heteroatoms. The fourth-order valence-corrected chi connectivity index (χ4v) is 3.16. The average Bonchev–Trinajstić information content (AvgIpc) is 2.57. The second kappa shape index (κ2) is 9.19. The van der Waals surface area contributed by atoms with E-state index in [4.69, 9.17) is 0 Å². The predicted octanol–water partition coefficient (Wildman–Crippen LogP) is 3.12. The van der Waals surface area contributed by atoms with Crippen molar-refractivity contribution in [2.45, 2.75) is 32.3 Å². The molecule has 3 N–H and O–H groups in total. The maximum Gasteiger partial charge on any atom is 0.277 e. The van der Waals surface area contributed by atoms with Crippen LogP contribution in [0, 0.1) is 5.92 Å². The molecule has 0 aliphatic carbocycles. The van der Waals surface area contributed by atoms with Crippen molar-refractivity contribution in [2.24, 2.45) is 5.92 Å². The zero-order valence-electron chi connectivity index (χ0n) is 15.0. The second-order valence-corrected chi connectivity index (χ2v) is 7.21. The molecule has 0 atom stereocenters. The van der Waals surface area contributed by atoms with Crippen molar-refractivity contribution >= 4 is 35.1 Å². The van der Waals surface area contributed by atoms with Gasteiger partial charge in [-0.15, -0.1) is 0 Å². The molecule has 0 aliphatic heterocycles. The molecule has 26 heavy (non-hydrogen) atoms. The molecule has 0 bridgehead atoms. The summed E-state index contributed by atoms with van der Waals surface area (Å²) in [4.78, 5) is 43.2. The van der Waals surface area contributed by atoms with Crippen molar-refractivity contribution in [1.82, 2.24) is 9.97 Å². The van der Waals surface area contributed by atoms with Gasteiger partial charge < -0.3 is 10.6 Å². The van der Waals surface area contributed by atoms with Gasteiger partial charge in [-0.05, 0) is 24.5 Å². The van der Waals surface area contributed by atoms with Gasteiger partial charge in [-0.2, -0.15) is 0 Å². The fraction of sp³-hybridized carbons (Fsp3) is 0.333. The van der Waals surface area contributed by atoms with Crippen LogP contribution < -0.4 is 16.2 Å². The molecule has 2 rings (SSSR count). The molecule has 1 heterocycles. The van der Waals surface area contributed by atoms with E-state index in [9.17, 15) is 14.4 Å². The standard InChI is InChI=1S/C18H22N4O3S/c1-11(2)9-10-26-18-21-15(19-12(3)23)14(17(25)22-18)20-16(24)13-7-5-4-6-8-13/h4-8,11H,9-10H2,1-3H3,(H,20,24)(H2,19,21,22,23,25). The first-order valence-corrected chi connectivity index (χ1v) is 9.26. The van der Waals surface area contributed by atoms with Gasteiger partial charge in [-0.3, -0.25) is 19.4 Å². The molecular formula is C18H22N4O3S. The first-order valence-electron chi connectivity index (χ1n) is 8.28. The van der Waals surface area contributed by atoms with Crippen LogP contribution in [-0.2, 0) is 4.79 Å². The minimum atomic E-state index is -0.514. The minimum Gasteiger partial charge on any atom is -0.314 e. The normalized spacial score (nSPS) is 10.6. The van der Waals surface area contributed by atoms with Crippen LogP contribution in [0.2, 0.25) is 0 Å². The molecule has 138 valence electrons. The number of hydrogen-bond acceptors (Lipinski definition) is 5. The van der Waals surface area contributed by atoms with Crippen molar-refractivity contribution in [2.75, 3.05) is 16.4 Å². The maximum atomic E-state index is 12.4. The number of aromatic nitrogens is 2. The summed E-state index contributed by atoms with van der Waals surface area (Å²) in [5.41, 5.74) is -0.196. The summed E-state index contributed by atoms with van der Waals surface area (Å²) in [7, 11) is 0. The summed E-state index contributed by atoms with van der Waals surface area (Å²) in [6.45, 7) is 5.54. The number of nitrogens with zero attached hydrogens (tertiary/aromatic N) is 1. The highest BCUT2D eigenvalue weighted by molar-refractivity contribution is 7.99. The van der Waals surface area contributed by atoms with Gasteiger partial charge >= 0.3 is 0 Å². The smallest absolute Gasteiger partial charge is 0.277 e. The monoisotopic (exact) mass is 374 g/mol. The van der Waals surface area contributed by atoms with E-state index in [2.05, 4.69) is 34.4 Å². The van der Waals surface area contributed by atoms with Crippen LogP contribution in [0.3, 0.4) is 0 Å². The van der Waals surface area contributed by atoms with Crippen LogP contribution in [0.25, 0.3) is 0 Å². The summed E-state index contributed by atoms with van der Waals surface area (Å²) < 4.78 is 0. The number of carbonyl (C=O) groups is 2. The van der Waals surface area contributed by atoms with Crippen LogP contribution in [-0.4, -0.2) is 27.5 Å². The van der Waals surface area contributed by atoms with Crippen molar-refractivity contribution < 1.29 is 9.59 Å². The molecule has 0 fully saturated rings. The molecule has 7 nitrogen and oxygen atoms in total. The molecular weight excluding hydrogens is 352 g/mol. The zero-order valence-corrected chi connectivity index (χ0v) is 15.8. The lowest BCUT2D eigenvalue weighted by Crippen LogP contribution is -2.24. The molecule has 0 saturated carbocycles. The van der Waals surface area contributed by atoms with Crippen LogP contribution in [0.1, 0.15) is 37.6 Å². The number of nitrogens with one attached hydrogen (secondary N) is 3. The lowest BCUT2D eigenvalue weighted by atomic mass is 10.2. The topological polar surface area (TPSA) is 104 Å². The van der Waals surface area contributed by atoms with Gasteiger partial charge in [0.15, 0.2) is 16.7 Å². The Hall–Kier alpha value is -2.61. The largest absolute Gasteiger partial charge is 0.314 e. The number of benzene rings is 1. The molecule has 0 unspecified atom stereocenters. The first-order chi connectivity index (χ1) is 12.4. The Kier molecular flexibility index (Phi) is 6.97. The SMILES string of the molecule is CC(=O)Nc1nc(SCCC(C)C)[nH]c(=O)c1NC(=O)c1ccccc1. The summed E-state index contributed by atoms with van der Waals surface area (Å²) in [5.74, 6) is 0.530. The molecule has 2 aromatic rings. The van der Waals surface area contributed by atoms with E-state index in [1.54, 1.807) is 30.3 Å². The van der Waals surface area contributed by atoms with Crippen LogP contribution in [0.15, 0.2) is 40.3 Å². The van der Waals surface area contributed by atoms with E-state index in [0.29, 0.717) is 16.6 Å². The predicted molar refractivity (Wildman–Crippen MR) is 104 cm³/mol. The number of H-pyrrole nitrogens is 1. The van der Waals surface area contributed by atoms with Crippen LogP contribution >= 0.6 is 11.8 Å². The van der Waals surface area contributed by atoms with Gasteiger partial charge in [0.05, 0.1) is 0 Å². The number of rotatable bonds is 7. The van der Waals surface area contributed by atoms with Gasteiger partial charge in [0.25, 0.3) is 11.5 Å². The second-order valence-electron chi connectivity index (χ2n) is 6.13. The molecule has 0 spiro atoms. The number of hydrogen-bond donors (Lipinski definition) is 3. The van der Waals surface area contributed by atoms with Gasteiger partial charge in [0, 0.05) is 18.2 Å². The Morgan fingerprint density at radius 3 is 2.50 bits per heavy atom. The van der Waals surface area contributed by atoms with E-state index in [1.165, 1.54) is 18.7 Å². The molecule has 0 radical (unpaired) electrons. The van der Waals surface area contributed by atoms with Crippen molar-refractivity contribution in [3.63, 3.8) is 0 Å². The maximum absolute atomic E-state index is 12.4. The van der Waals surface area contributed by atoms with Crippen molar-refractivity contribution in [1.29, 1.82) is 0 Å². The summed E-state index contributed by atoms with van der Waals surface area (Å²) in [5, 5.41) is 5.45. The zero-order chi connectivity index (χ0) is 19.1. The molecule has 1 aromatic carbocycles. The van der Waals surface area contributed by atoms with Crippen molar-refractivity contribution in [3.05, 3.63) is 46.2 Å². The quantitative estimate of drug-likeness (QED) is 0.510. The highest BCUT2D eigenvalue weighted by Crippen LogP contribution is 2.21. The average molecular weight is 374 g/mol. The third-order valence-corrected chi connectivity index (χ3v) is 4.31. The highest BCUT2D eigenvalue weighted by atomic mass is 32.2. The van der Waals surface area contributed by atoms with E-state index < -0.39 is 11.5 Å². The van der Waals surface area contributed by atoms with E-state index in [-0.39, 0.29) is 17.4 Å². The third kappa shape index (κ3) is 5.73. The highest BCUT2D eigenvalue weighted by Gasteiger charge is 2.16. The number of anilines is 2. The lowest BCUT2D eigenvalue weighted by Gasteiger charge is -2.11. The van der Waals surface area contributed by atoms with Gasteiger partial charge in [-0.1, -0.05) is 43.8 Å². The van der Waals surface area contributed by atoms with E-state index in [0.717, 1.165) is 12.2 Å². The first kappa shape index (κ1) is 19.7. The van der Waals surface area contributed by atoms with Gasteiger partial charge in [0.2, 0.25) is 5.91 Å². The summed E-state index contributed by atoms with van der Waals surface area (Å²) in [6.07, 6.45) is 0.969. The lowest BCUT2D eigenvalue weighted by molar-refractivity contribution is -0.114. The van der Waals surface area contributed by atoms with Crippen molar-refractivity contribution in [3.8, 4) is 0 Å². The van der Waals surface area contributed by atoms with E-state index in [1.807, 2.05) is 0 Å². The number of carbonyl (C=O) groups excluding carboxylic acids is 2. The summed E-state index contributed by atoms with van der Waals surface area (Å²) >= 11 is 1.40. The Morgan fingerprint density at radius 1 is 1.19 bits per heavy atom. The number of amides is 2. The summed E-state index contributed by atoms with van der Waals surface area (Å²) in [6, 6.07) is 8.49. The molecule has 1 aromatic heterocycles. The van der Waals surface area contributed by atoms with Crippen LogP contribution in [0.4, 0.5) is 11.5 Å².